The second-order valence-electron chi connectivity index (χ2n) is 5.92. The fourth-order valence-electron chi connectivity index (χ4n) is 2.73. The first kappa shape index (κ1) is 16.1. The number of ether oxygens (including phenoxy) is 3. The van der Waals surface area contributed by atoms with Crippen molar-refractivity contribution in [2.75, 3.05) is 19.2 Å². The van der Waals surface area contributed by atoms with E-state index in [0.717, 1.165) is 39.8 Å². The second kappa shape index (κ2) is 7.23. The molecule has 0 amide bonds. The third-order valence-corrected chi connectivity index (χ3v) is 4.15. The molecule has 4 nitrogen and oxygen atoms in total. The average Bonchev–Trinajstić information content (AvgIpc) is 3.16. The normalized spacial score (nSPS) is 12.3. The number of nitrogens with one attached hydrogen (secondary N) is 1. The van der Waals surface area contributed by atoms with Crippen molar-refractivity contribution in [1.82, 2.24) is 0 Å². The lowest BCUT2D eigenvalue weighted by molar-refractivity contribution is 0.174. The quantitative estimate of drug-likeness (QED) is 0.634. The highest BCUT2D eigenvalue weighted by Gasteiger charge is 2.12. The first-order valence-electron chi connectivity index (χ1n) is 8.39. The fraction of sp³-hybridized carbons (Fsp3) is 0.0909. The van der Waals surface area contributed by atoms with Crippen LogP contribution in [0.3, 0.4) is 0 Å². The highest BCUT2D eigenvalue weighted by molar-refractivity contribution is 5.72. The van der Waals surface area contributed by atoms with Crippen LogP contribution in [-0.4, -0.2) is 13.9 Å². The van der Waals surface area contributed by atoms with Crippen molar-refractivity contribution < 1.29 is 14.2 Å². The summed E-state index contributed by atoms with van der Waals surface area (Å²) < 4.78 is 15.9. The molecular formula is C22H19NO3. The molecule has 3 aromatic carbocycles. The van der Waals surface area contributed by atoms with Gasteiger partial charge in [0.2, 0.25) is 6.79 Å². The van der Waals surface area contributed by atoms with Crippen LogP contribution in [0.25, 0.3) is 12.2 Å². The van der Waals surface area contributed by atoms with Gasteiger partial charge in [0.25, 0.3) is 0 Å². The Balaban J connectivity index is 1.42. The van der Waals surface area contributed by atoms with E-state index in [1.54, 1.807) is 7.11 Å². The third-order valence-electron chi connectivity index (χ3n) is 4.15. The van der Waals surface area contributed by atoms with Crippen molar-refractivity contribution >= 4 is 23.5 Å². The lowest BCUT2D eigenvalue weighted by Gasteiger charge is -2.07. The Hall–Kier alpha value is -3.40. The zero-order valence-electron chi connectivity index (χ0n) is 14.4. The van der Waals surface area contributed by atoms with Crippen LogP contribution >= 0.6 is 0 Å². The minimum absolute atomic E-state index is 0.297. The summed E-state index contributed by atoms with van der Waals surface area (Å²) in [7, 11) is 1.66. The number of hydrogen-bond acceptors (Lipinski definition) is 4. The van der Waals surface area contributed by atoms with Crippen LogP contribution in [-0.2, 0) is 0 Å². The van der Waals surface area contributed by atoms with Crippen LogP contribution in [0.2, 0.25) is 0 Å². The minimum atomic E-state index is 0.297. The van der Waals surface area contributed by atoms with Gasteiger partial charge in [-0.2, -0.15) is 0 Å². The number of methoxy groups -OCH3 is 1. The molecule has 1 aliphatic rings. The van der Waals surface area contributed by atoms with Gasteiger partial charge in [0.1, 0.15) is 5.75 Å². The van der Waals surface area contributed by atoms with Gasteiger partial charge in [-0.3, -0.25) is 0 Å². The monoisotopic (exact) mass is 345 g/mol. The summed E-state index contributed by atoms with van der Waals surface area (Å²) in [6.07, 6.45) is 4.14. The minimum Gasteiger partial charge on any atom is -0.497 e. The molecule has 0 bridgehead atoms. The molecule has 1 aliphatic heterocycles. The molecule has 130 valence electrons. The number of benzene rings is 3. The van der Waals surface area contributed by atoms with Crippen molar-refractivity contribution in [3.05, 3.63) is 77.9 Å². The summed E-state index contributed by atoms with van der Waals surface area (Å²) in [5.41, 5.74) is 4.27. The summed E-state index contributed by atoms with van der Waals surface area (Å²) in [4.78, 5) is 0. The molecule has 0 unspecified atom stereocenters. The SMILES string of the molecule is COc1ccc(Nc2ccc(/C=C/c3ccc4c(c3)OCO4)cc2)cc1. The first-order valence-corrected chi connectivity index (χ1v) is 8.39. The Morgan fingerprint density at radius 2 is 1.38 bits per heavy atom. The Bertz CT molecular complexity index is 915. The Labute approximate surface area is 152 Å². The standard InChI is InChI=1S/C22H19NO3/c1-24-20-11-9-19(10-12-20)23-18-7-4-16(5-8-18)2-3-17-6-13-21-22(14-17)26-15-25-21/h2-14,23H,15H2,1H3/b3-2+. The van der Waals surface area contributed by atoms with Gasteiger partial charge in [-0.1, -0.05) is 30.4 Å². The molecule has 0 saturated heterocycles. The van der Waals surface area contributed by atoms with Crippen LogP contribution in [0.5, 0.6) is 17.2 Å². The Morgan fingerprint density at radius 1 is 0.769 bits per heavy atom. The van der Waals surface area contributed by atoms with Crippen LogP contribution in [0.15, 0.2) is 66.7 Å². The molecule has 1 N–H and O–H groups in total. The van der Waals surface area contributed by atoms with Gasteiger partial charge in [0.15, 0.2) is 11.5 Å². The van der Waals surface area contributed by atoms with Crippen LogP contribution < -0.4 is 19.5 Å². The fourth-order valence-corrected chi connectivity index (χ4v) is 2.73. The van der Waals surface area contributed by atoms with Gasteiger partial charge in [0, 0.05) is 11.4 Å². The Kier molecular flexibility index (Phi) is 4.48. The predicted molar refractivity (Wildman–Crippen MR) is 104 cm³/mol. The van der Waals surface area contributed by atoms with Crippen molar-refractivity contribution in [1.29, 1.82) is 0 Å². The molecule has 0 aromatic heterocycles. The maximum Gasteiger partial charge on any atom is 0.231 e. The molecule has 0 fully saturated rings. The number of hydrogen-bond donors (Lipinski definition) is 1. The molecular weight excluding hydrogens is 326 g/mol. The summed E-state index contributed by atoms with van der Waals surface area (Å²) >= 11 is 0. The number of rotatable bonds is 5. The zero-order valence-corrected chi connectivity index (χ0v) is 14.4. The molecule has 0 aliphatic carbocycles. The molecule has 1 heterocycles. The molecule has 26 heavy (non-hydrogen) atoms. The zero-order chi connectivity index (χ0) is 17.8. The van der Waals surface area contributed by atoms with Crippen molar-refractivity contribution in [3.63, 3.8) is 0 Å². The van der Waals surface area contributed by atoms with Gasteiger partial charge in [0.05, 0.1) is 7.11 Å². The average molecular weight is 345 g/mol. The maximum atomic E-state index is 5.41. The smallest absolute Gasteiger partial charge is 0.231 e. The van der Waals surface area contributed by atoms with E-state index in [0.29, 0.717) is 6.79 Å². The van der Waals surface area contributed by atoms with E-state index in [4.69, 9.17) is 14.2 Å². The lowest BCUT2D eigenvalue weighted by atomic mass is 10.1. The maximum absolute atomic E-state index is 5.41. The van der Waals surface area contributed by atoms with E-state index < -0.39 is 0 Å². The van der Waals surface area contributed by atoms with Gasteiger partial charge in [-0.15, -0.1) is 0 Å². The molecule has 0 spiro atoms. The van der Waals surface area contributed by atoms with E-state index in [-0.39, 0.29) is 0 Å². The van der Waals surface area contributed by atoms with Gasteiger partial charge >= 0.3 is 0 Å². The molecule has 0 atom stereocenters. The van der Waals surface area contributed by atoms with Gasteiger partial charge in [-0.25, -0.2) is 0 Å². The molecule has 4 rings (SSSR count). The van der Waals surface area contributed by atoms with Crippen LogP contribution in [0, 0.1) is 0 Å². The lowest BCUT2D eigenvalue weighted by Crippen LogP contribution is -1.92. The van der Waals surface area contributed by atoms with Crippen LogP contribution in [0.1, 0.15) is 11.1 Å². The molecule has 4 heteroatoms. The summed E-state index contributed by atoms with van der Waals surface area (Å²) in [5.74, 6) is 2.45. The van der Waals surface area contributed by atoms with E-state index in [1.165, 1.54) is 0 Å². The van der Waals surface area contributed by atoms with Gasteiger partial charge in [-0.05, 0) is 59.7 Å². The Morgan fingerprint density at radius 3 is 2.12 bits per heavy atom. The predicted octanol–water partition coefficient (Wildman–Crippen LogP) is 5.34. The summed E-state index contributed by atoms with van der Waals surface area (Å²) in [6.45, 7) is 0.297. The van der Waals surface area contributed by atoms with Crippen LogP contribution in [0.4, 0.5) is 11.4 Å². The van der Waals surface area contributed by atoms with E-state index in [2.05, 4.69) is 41.7 Å². The largest absolute Gasteiger partial charge is 0.497 e. The molecule has 0 saturated carbocycles. The van der Waals surface area contributed by atoms with E-state index in [9.17, 15) is 0 Å². The molecule has 0 radical (unpaired) electrons. The highest BCUT2D eigenvalue weighted by atomic mass is 16.7. The van der Waals surface area contributed by atoms with Gasteiger partial charge < -0.3 is 19.5 Å². The van der Waals surface area contributed by atoms with Crippen molar-refractivity contribution in [3.8, 4) is 17.2 Å². The summed E-state index contributed by atoms with van der Waals surface area (Å²) in [6, 6.07) is 22.1. The number of fused-ring (bicyclic) bond motifs is 1. The topological polar surface area (TPSA) is 39.7 Å². The third kappa shape index (κ3) is 3.64. The number of anilines is 2. The highest BCUT2D eigenvalue weighted by Crippen LogP contribution is 2.33. The second-order valence-corrected chi connectivity index (χ2v) is 5.92. The van der Waals surface area contributed by atoms with E-state index in [1.807, 2.05) is 42.5 Å². The first-order chi connectivity index (χ1) is 12.8. The van der Waals surface area contributed by atoms with Crippen molar-refractivity contribution in [2.45, 2.75) is 0 Å². The summed E-state index contributed by atoms with van der Waals surface area (Å²) in [5, 5.41) is 3.37. The molecule has 3 aromatic rings. The van der Waals surface area contributed by atoms with E-state index >= 15 is 0 Å². The van der Waals surface area contributed by atoms with Crippen molar-refractivity contribution in [2.24, 2.45) is 0 Å².